The van der Waals surface area contributed by atoms with Gasteiger partial charge >= 0.3 is 0 Å². The first-order chi connectivity index (χ1) is 12.5. The molecule has 0 radical (unpaired) electrons. The lowest BCUT2D eigenvalue weighted by Gasteiger charge is -2.30. The molecule has 136 valence electrons. The van der Waals surface area contributed by atoms with E-state index in [0.29, 0.717) is 12.2 Å². The normalized spacial score (nSPS) is 19.6. The fraction of sp³-hybridized carbons (Fsp3) is 0.412. The van der Waals surface area contributed by atoms with Crippen LogP contribution in [-0.4, -0.2) is 28.0 Å². The number of halogens is 2. The first-order valence-corrected chi connectivity index (χ1v) is 8.59. The molecule has 2 N–H and O–H groups in total. The second kappa shape index (κ2) is 7.70. The van der Waals surface area contributed by atoms with Crippen LogP contribution in [0.15, 0.2) is 16.9 Å². The summed E-state index contributed by atoms with van der Waals surface area (Å²) < 4.78 is 19.1. The molecule has 2 aromatic heterocycles. The molecule has 0 aliphatic heterocycles. The molecule has 0 spiro atoms. The fourth-order valence-corrected chi connectivity index (χ4v) is 3.25. The Morgan fingerprint density at radius 1 is 1.46 bits per heavy atom. The van der Waals surface area contributed by atoms with Crippen LogP contribution in [0.5, 0.6) is 0 Å². The molecule has 1 aliphatic rings. The van der Waals surface area contributed by atoms with Crippen molar-refractivity contribution in [3.63, 3.8) is 0 Å². The number of nitrogens with zero attached hydrogens (tertiary/aromatic N) is 3. The predicted octanol–water partition coefficient (Wildman–Crippen LogP) is 3.20. The van der Waals surface area contributed by atoms with Crippen molar-refractivity contribution in [2.75, 3.05) is 5.32 Å². The third-order valence-corrected chi connectivity index (χ3v) is 4.65. The zero-order valence-corrected chi connectivity index (χ0v) is 14.8. The van der Waals surface area contributed by atoms with Gasteiger partial charge in [0.2, 0.25) is 0 Å². The van der Waals surface area contributed by atoms with Gasteiger partial charge in [-0.1, -0.05) is 11.6 Å². The van der Waals surface area contributed by atoms with Crippen molar-refractivity contribution in [3.8, 4) is 6.07 Å². The Bertz CT molecular complexity index is 863. The average Bonchev–Trinajstić information content (AvgIpc) is 3.04. The summed E-state index contributed by atoms with van der Waals surface area (Å²) in [5.74, 6) is -0.437. The van der Waals surface area contributed by atoms with Gasteiger partial charge in [0, 0.05) is 12.1 Å². The van der Waals surface area contributed by atoms with Gasteiger partial charge in [0.15, 0.2) is 23.7 Å². The molecule has 7 nitrogen and oxygen atoms in total. The van der Waals surface area contributed by atoms with Crippen molar-refractivity contribution in [3.05, 3.63) is 40.4 Å². The maximum atomic E-state index is 14.1. The summed E-state index contributed by atoms with van der Waals surface area (Å²) in [5.41, 5.74) is 0.262. The molecular weight excluding hydrogens is 361 g/mol. The first-order valence-electron chi connectivity index (χ1n) is 8.21. The molecular formula is C17H17ClFN5O2. The number of hydrogen-bond donors (Lipinski definition) is 2. The number of amides is 1. The Kier molecular flexibility index (Phi) is 5.38. The predicted molar refractivity (Wildman–Crippen MR) is 92.3 cm³/mol. The van der Waals surface area contributed by atoms with E-state index in [1.807, 2.05) is 0 Å². The van der Waals surface area contributed by atoms with Crippen LogP contribution in [0.2, 0.25) is 5.15 Å². The van der Waals surface area contributed by atoms with Gasteiger partial charge in [0.05, 0.1) is 5.56 Å². The maximum Gasteiger partial charge on any atom is 0.273 e. The molecule has 1 saturated carbocycles. The van der Waals surface area contributed by atoms with Gasteiger partial charge < -0.3 is 15.1 Å². The highest BCUT2D eigenvalue weighted by atomic mass is 35.5. The van der Waals surface area contributed by atoms with Crippen molar-refractivity contribution in [2.24, 2.45) is 0 Å². The molecule has 1 unspecified atom stereocenters. The van der Waals surface area contributed by atoms with Crippen LogP contribution >= 0.6 is 11.6 Å². The van der Waals surface area contributed by atoms with E-state index in [0.717, 1.165) is 25.3 Å². The van der Waals surface area contributed by atoms with Crippen molar-refractivity contribution < 1.29 is 13.6 Å². The van der Waals surface area contributed by atoms with Crippen LogP contribution in [0.3, 0.4) is 0 Å². The minimum Gasteiger partial charge on any atom is -0.448 e. The van der Waals surface area contributed by atoms with E-state index in [-0.39, 0.29) is 40.2 Å². The Balaban J connectivity index is 1.64. The van der Waals surface area contributed by atoms with Crippen molar-refractivity contribution in [2.45, 2.75) is 44.7 Å². The van der Waals surface area contributed by atoms with Crippen LogP contribution in [0.25, 0.3) is 0 Å². The van der Waals surface area contributed by atoms with E-state index in [9.17, 15) is 9.18 Å². The number of aryl methyl sites for hydroxylation is 1. The minimum absolute atomic E-state index is 0.00789. The number of nitrogens with one attached hydrogen (secondary N) is 2. The van der Waals surface area contributed by atoms with Gasteiger partial charge in [0.1, 0.15) is 17.0 Å². The van der Waals surface area contributed by atoms with Crippen molar-refractivity contribution in [1.82, 2.24) is 15.3 Å². The average molecular weight is 378 g/mol. The highest BCUT2D eigenvalue weighted by molar-refractivity contribution is 6.30. The van der Waals surface area contributed by atoms with E-state index in [4.69, 9.17) is 21.3 Å². The quantitative estimate of drug-likeness (QED) is 0.793. The van der Waals surface area contributed by atoms with E-state index in [1.54, 1.807) is 13.0 Å². The zero-order valence-electron chi connectivity index (χ0n) is 14.1. The molecule has 0 aromatic carbocycles. The van der Waals surface area contributed by atoms with Gasteiger partial charge in [-0.05, 0) is 38.7 Å². The molecule has 26 heavy (non-hydrogen) atoms. The molecule has 2 aromatic rings. The van der Waals surface area contributed by atoms with Gasteiger partial charge in [-0.3, -0.25) is 4.79 Å². The topological polar surface area (TPSA) is 104 Å². The number of nitriles is 1. The summed E-state index contributed by atoms with van der Waals surface area (Å²) in [5, 5.41) is 14.8. The largest absolute Gasteiger partial charge is 0.448 e. The summed E-state index contributed by atoms with van der Waals surface area (Å²) in [6.45, 7) is 1.68. The standard InChI is InChI=1S/C17H17ClFN5O2/c1-9-14(21-8-26-9)17(25)23-12-4-2-3-11(6-12)22-16-13(19)5-10(7-20)15(18)24-16/h5,8,11-12H,2-4,6H2,1H3,(H,22,24)(H,23,25)/t11?,12-/m0/s1. The molecule has 3 rings (SSSR count). The number of aromatic nitrogens is 2. The monoisotopic (exact) mass is 377 g/mol. The van der Waals surface area contributed by atoms with E-state index < -0.39 is 5.82 Å². The van der Waals surface area contributed by atoms with Gasteiger partial charge in [-0.25, -0.2) is 14.4 Å². The number of pyridine rings is 1. The molecule has 1 amide bonds. The molecule has 2 heterocycles. The second-order valence-electron chi connectivity index (χ2n) is 6.20. The van der Waals surface area contributed by atoms with Crippen LogP contribution in [0.4, 0.5) is 10.2 Å². The van der Waals surface area contributed by atoms with Crippen LogP contribution in [-0.2, 0) is 0 Å². The van der Waals surface area contributed by atoms with Gasteiger partial charge in [0.25, 0.3) is 5.91 Å². The summed E-state index contributed by atoms with van der Waals surface area (Å²) in [6, 6.07) is 2.71. The van der Waals surface area contributed by atoms with E-state index >= 15 is 0 Å². The number of rotatable bonds is 4. The molecule has 1 fully saturated rings. The maximum absolute atomic E-state index is 14.1. The Hall–Kier alpha value is -2.66. The fourth-order valence-electron chi connectivity index (χ4n) is 3.07. The molecule has 1 aliphatic carbocycles. The molecule has 2 atom stereocenters. The van der Waals surface area contributed by atoms with Crippen molar-refractivity contribution in [1.29, 1.82) is 5.26 Å². The first kappa shape index (κ1) is 18.1. The summed E-state index contributed by atoms with van der Waals surface area (Å²) in [4.78, 5) is 20.1. The third-order valence-electron chi connectivity index (χ3n) is 4.36. The number of carbonyl (C=O) groups excluding carboxylic acids is 1. The highest BCUT2D eigenvalue weighted by Crippen LogP contribution is 2.25. The highest BCUT2D eigenvalue weighted by Gasteiger charge is 2.26. The molecule has 0 saturated heterocycles. The summed E-state index contributed by atoms with van der Waals surface area (Å²) in [6.07, 6.45) is 4.35. The smallest absolute Gasteiger partial charge is 0.273 e. The minimum atomic E-state index is -0.629. The Morgan fingerprint density at radius 2 is 2.23 bits per heavy atom. The Labute approximate surface area is 154 Å². The van der Waals surface area contributed by atoms with E-state index in [2.05, 4.69) is 20.6 Å². The van der Waals surface area contributed by atoms with Crippen LogP contribution in [0.1, 0.15) is 47.5 Å². The Morgan fingerprint density at radius 3 is 2.92 bits per heavy atom. The zero-order chi connectivity index (χ0) is 18.7. The lowest BCUT2D eigenvalue weighted by atomic mass is 9.91. The van der Waals surface area contributed by atoms with Gasteiger partial charge in [-0.15, -0.1) is 0 Å². The van der Waals surface area contributed by atoms with Crippen molar-refractivity contribution >= 4 is 23.3 Å². The summed E-state index contributed by atoms with van der Waals surface area (Å²) in [7, 11) is 0. The lowest BCUT2D eigenvalue weighted by molar-refractivity contribution is 0.0920. The van der Waals surface area contributed by atoms with E-state index in [1.165, 1.54) is 6.39 Å². The van der Waals surface area contributed by atoms with Crippen LogP contribution in [0, 0.1) is 24.1 Å². The SMILES string of the molecule is Cc1ocnc1C(=O)N[C@H]1CCCC(Nc2nc(Cl)c(C#N)cc2F)C1. The lowest BCUT2D eigenvalue weighted by Crippen LogP contribution is -2.42. The molecule has 9 heteroatoms. The molecule has 0 bridgehead atoms. The number of carbonyl (C=O) groups is 1. The summed E-state index contributed by atoms with van der Waals surface area (Å²) >= 11 is 5.88. The number of anilines is 1. The number of oxazole rings is 1. The third kappa shape index (κ3) is 3.94. The van der Waals surface area contributed by atoms with Gasteiger partial charge in [-0.2, -0.15) is 5.26 Å². The number of hydrogen-bond acceptors (Lipinski definition) is 6. The van der Waals surface area contributed by atoms with Crippen LogP contribution < -0.4 is 10.6 Å². The second-order valence-corrected chi connectivity index (χ2v) is 6.56.